The summed E-state index contributed by atoms with van der Waals surface area (Å²) >= 11 is 0. The van der Waals surface area contributed by atoms with Gasteiger partial charge in [0, 0.05) is 36.8 Å². The first-order valence-electron chi connectivity index (χ1n) is 13.9. The molecule has 0 bridgehead atoms. The lowest BCUT2D eigenvalue weighted by molar-refractivity contribution is -0.119. The molecule has 2 amide bonds. The number of rotatable bonds is 13. The molecule has 0 aliphatic heterocycles. The molecule has 2 unspecified atom stereocenters. The second kappa shape index (κ2) is 11.9. The van der Waals surface area contributed by atoms with E-state index in [9.17, 15) is 19.0 Å². The molecule has 3 aromatic rings. The predicted molar refractivity (Wildman–Crippen MR) is 152 cm³/mol. The summed E-state index contributed by atoms with van der Waals surface area (Å²) in [5.74, 6) is 0.503. The molecule has 0 spiro atoms. The number of carbonyl (C=O) groups excluding carboxylic acids is 2. The summed E-state index contributed by atoms with van der Waals surface area (Å²) in [7, 11) is -3.04. The molecule has 220 valence electrons. The Morgan fingerprint density at radius 1 is 1.10 bits per heavy atom. The summed E-state index contributed by atoms with van der Waals surface area (Å²) in [6.07, 6.45) is 5.93. The van der Waals surface area contributed by atoms with Crippen molar-refractivity contribution in [2.75, 3.05) is 12.4 Å². The SMILES string of the molecule is CCn1nccc1C(=O)NC(C(=O)Nc1ccc(-c2c(C)nn(COP(=O)(O)OC)c2C)cc1)C(C1CC1)C1CC1. The highest BCUT2D eigenvalue weighted by Gasteiger charge is 2.48. The van der Waals surface area contributed by atoms with E-state index < -0.39 is 13.9 Å². The molecule has 3 N–H and O–H groups in total. The number of amides is 2. The highest BCUT2D eigenvalue weighted by Crippen LogP contribution is 2.51. The van der Waals surface area contributed by atoms with Gasteiger partial charge in [0.1, 0.15) is 11.7 Å². The summed E-state index contributed by atoms with van der Waals surface area (Å²) in [5, 5.41) is 14.7. The largest absolute Gasteiger partial charge is 0.473 e. The first-order valence-corrected chi connectivity index (χ1v) is 15.4. The lowest BCUT2D eigenvalue weighted by Gasteiger charge is -2.27. The van der Waals surface area contributed by atoms with Crippen LogP contribution in [-0.4, -0.2) is 49.4 Å². The van der Waals surface area contributed by atoms with Crippen molar-refractivity contribution in [1.82, 2.24) is 24.9 Å². The van der Waals surface area contributed by atoms with E-state index in [-0.39, 0.29) is 24.5 Å². The van der Waals surface area contributed by atoms with Gasteiger partial charge in [0.15, 0.2) is 6.73 Å². The molecular formula is C28H37N6O6P. The van der Waals surface area contributed by atoms with E-state index in [1.165, 1.54) is 4.68 Å². The summed E-state index contributed by atoms with van der Waals surface area (Å²) in [6, 6.07) is 8.45. The lowest BCUT2D eigenvalue weighted by Crippen LogP contribution is -2.50. The number of aryl methyl sites for hydroxylation is 2. The first-order chi connectivity index (χ1) is 19.6. The van der Waals surface area contributed by atoms with Gasteiger partial charge in [0.2, 0.25) is 5.91 Å². The van der Waals surface area contributed by atoms with Gasteiger partial charge < -0.3 is 15.5 Å². The number of nitrogens with zero attached hydrogens (tertiary/aromatic N) is 4. The summed E-state index contributed by atoms with van der Waals surface area (Å²) in [4.78, 5) is 36.5. The minimum Gasteiger partial charge on any atom is -0.339 e. The smallest absolute Gasteiger partial charge is 0.339 e. The summed E-state index contributed by atoms with van der Waals surface area (Å²) in [5.41, 5.74) is 4.27. The van der Waals surface area contributed by atoms with Crippen molar-refractivity contribution in [2.24, 2.45) is 17.8 Å². The first kappa shape index (κ1) is 29.2. The molecule has 12 nitrogen and oxygen atoms in total. The van der Waals surface area contributed by atoms with Crippen molar-refractivity contribution in [3.8, 4) is 11.1 Å². The van der Waals surface area contributed by atoms with E-state index in [0.717, 1.165) is 55.3 Å². The highest BCUT2D eigenvalue weighted by atomic mass is 31.2. The fourth-order valence-electron chi connectivity index (χ4n) is 5.58. The van der Waals surface area contributed by atoms with Crippen LogP contribution in [0.2, 0.25) is 0 Å². The van der Waals surface area contributed by atoms with E-state index in [2.05, 4.69) is 25.4 Å². The van der Waals surface area contributed by atoms with Crippen LogP contribution in [0.15, 0.2) is 36.5 Å². The van der Waals surface area contributed by atoms with Gasteiger partial charge in [-0.3, -0.25) is 23.3 Å². The van der Waals surface area contributed by atoms with Crippen molar-refractivity contribution in [1.29, 1.82) is 0 Å². The number of hydrogen-bond acceptors (Lipinski definition) is 7. The summed E-state index contributed by atoms with van der Waals surface area (Å²) in [6.45, 7) is 5.94. The van der Waals surface area contributed by atoms with Crippen LogP contribution in [0.25, 0.3) is 11.1 Å². The molecule has 2 fully saturated rings. The van der Waals surface area contributed by atoms with Crippen molar-refractivity contribution in [3.05, 3.63) is 53.6 Å². The van der Waals surface area contributed by atoms with Crippen LogP contribution < -0.4 is 10.6 Å². The van der Waals surface area contributed by atoms with Gasteiger partial charge in [0.05, 0.1) is 5.69 Å². The molecule has 41 heavy (non-hydrogen) atoms. The number of benzene rings is 1. The molecule has 13 heteroatoms. The van der Waals surface area contributed by atoms with Crippen LogP contribution in [0.1, 0.15) is 54.5 Å². The fraction of sp³-hybridized carbons (Fsp3) is 0.500. The molecule has 2 aromatic heterocycles. The monoisotopic (exact) mass is 584 g/mol. The second-order valence-corrected chi connectivity index (χ2v) is 12.3. The van der Waals surface area contributed by atoms with Crippen molar-refractivity contribution < 1.29 is 28.1 Å². The number of carbonyl (C=O) groups is 2. The third-order valence-corrected chi connectivity index (χ3v) is 8.84. The van der Waals surface area contributed by atoms with Crippen molar-refractivity contribution in [2.45, 2.75) is 65.8 Å². The van der Waals surface area contributed by atoms with Gasteiger partial charge in [0.25, 0.3) is 5.91 Å². The van der Waals surface area contributed by atoms with Crippen LogP contribution in [0.4, 0.5) is 5.69 Å². The zero-order valence-electron chi connectivity index (χ0n) is 23.7. The summed E-state index contributed by atoms with van der Waals surface area (Å²) < 4.78 is 24.2. The van der Waals surface area contributed by atoms with Crippen LogP contribution in [0, 0.1) is 31.6 Å². The maximum atomic E-state index is 13.7. The maximum absolute atomic E-state index is 13.7. The van der Waals surface area contributed by atoms with Crippen molar-refractivity contribution >= 4 is 25.3 Å². The zero-order valence-corrected chi connectivity index (χ0v) is 24.6. The molecule has 2 aliphatic rings. The van der Waals surface area contributed by atoms with Gasteiger partial charge in [-0.2, -0.15) is 10.2 Å². The molecule has 5 rings (SSSR count). The molecule has 2 atom stereocenters. The van der Waals surface area contributed by atoms with E-state index >= 15 is 0 Å². The minimum atomic E-state index is -4.14. The Kier molecular flexibility index (Phi) is 8.47. The Morgan fingerprint density at radius 3 is 2.34 bits per heavy atom. The van der Waals surface area contributed by atoms with E-state index in [4.69, 9.17) is 4.52 Å². The Bertz CT molecular complexity index is 1450. The Morgan fingerprint density at radius 2 is 1.76 bits per heavy atom. The number of phosphoric acid groups is 1. The van der Waals surface area contributed by atoms with Crippen LogP contribution in [0.3, 0.4) is 0 Å². The maximum Gasteiger partial charge on any atom is 0.473 e. The number of anilines is 1. The zero-order chi connectivity index (χ0) is 29.3. The Labute approximate surface area is 239 Å². The molecule has 2 heterocycles. The van der Waals surface area contributed by atoms with E-state index in [1.807, 2.05) is 45.0 Å². The number of hydrogen-bond donors (Lipinski definition) is 3. The molecule has 0 radical (unpaired) electrons. The van der Waals surface area contributed by atoms with Gasteiger partial charge in [-0.25, -0.2) is 9.25 Å². The number of aromatic nitrogens is 4. The lowest BCUT2D eigenvalue weighted by atomic mass is 9.88. The van der Waals surface area contributed by atoms with Gasteiger partial charge in [-0.05, 0) is 88.0 Å². The second-order valence-electron chi connectivity index (χ2n) is 10.8. The van der Waals surface area contributed by atoms with Crippen LogP contribution in [0.5, 0.6) is 0 Å². The standard InChI is InChI=1S/C28H37N6O6P/c1-5-33-23(14-15-29-33)27(35)31-26(25(20-6-7-20)21-8-9-21)28(36)30-22-12-10-19(11-13-22)24-17(2)32-34(18(24)3)16-40-41(37,38)39-4/h10-15,20-21,25-26H,5-9,16H2,1-4H3,(H,30,36)(H,31,35)(H,37,38). The number of nitrogens with one attached hydrogen (secondary N) is 2. The Balaban J connectivity index is 1.32. The average Bonchev–Trinajstić information content (AvgIpc) is 3.89. The topological polar surface area (TPSA) is 150 Å². The predicted octanol–water partition coefficient (Wildman–Crippen LogP) is 4.28. The third-order valence-electron chi connectivity index (χ3n) is 7.93. The van der Waals surface area contributed by atoms with Gasteiger partial charge >= 0.3 is 7.82 Å². The van der Waals surface area contributed by atoms with Crippen LogP contribution >= 0.6 is 7.82 Å². The van der Waals surface area contributed by atoms with Crippen LogP contribution in [-0.2, 0) is 31.7 Å². The van der Waals surface area contributed by atoms with E-state index in [0.29, 0.717) is 29.8 Å². The third kappa shape index (κ3) is 6.62. The van der Waals surface area contributed by atoms with Gasteiger partial charge in [-0.15, -0.1) is 0 Å². The normalized spacial score (nSPS) is 17.3. The van der Waals surface area contributed by atoms with Gasteiger partial charge in [-0.1, -0.05) is 12.1 Å². The minimum absolute atomic E-state index is 0.113. The molecule has 2 saturated carbocycles. The van der Waals surface area contributed by atoms with E-state index in [1.54, 1.807) is 16.9 Å². The molecule has 2 aliphatic carbocycles. The Hall–Kier alpha value is -3.31. The quantitative estimate of drug-likeness (QED) is 0.252. The highest BCUT2D eigenvalue weighted by molar-refractivity contribution is 7.47. The fourth-order valence-corrected chi connectivity index (χ4v) is 5.94. The molecular weight excluding hydrogens is 547 g/mol. The average molecular weight is 585 g/mol. The van der Waals surface area contributed by atoms with Crippen molar-refractivity contribution in [3.63, 3.8) is 0 Å². The molecule has 1 aromatic carbocycles. The molecule has 0 saturated heterocycles. The number of phosphoric ester groups is 1.